The molecule has 3 amide bonds. The van der Waals surface area contributed by atoms with Gasteiger partial charge in [0.1, 0.15) is 5.75 Å². The Balaban J connectivity index is 1.39. The van der Waals surface area contributed by atoms with Crippen molar-refractivity contribution in [3.63, 3.8) is 0 Å². The van der Waals surface area contributed by atoms with E-state index < -0.39 is 0 Å². The van der Waals surface area contributed by atoms with Gasteiger partial charge in [0.25, 0.3) is 0 Å². The minimum atomic E-state index is -0.321. The Kier molecular flexibility index (Phi) is 7.77. The fraction of sp³-hybridized carbons (Fsp3) is 0.364. The number of carbonyl (C=O) groups is 3. The molecule has 3 rings (SSSR count). The average Bonchev–Trinajstić information content (AvgIpc) is 2.79. The average molecular weight is 410 g/mol. The summed E-state index contributed by atoms with van der Waals surface area (Å²) in [6, 6.07) is 12.8. The van der Waals surface area contributed by atoms with Crippen LogP contribution in [0, 0.1) is 5.92 Å². The number of benzene rings is 1. The molecule has 0 bridgehead atoms. The first-order chi connectivity index (χ1) is 14.6. The summed E-state index contributed by atoms with van der Waals surface area (Å²) in [5.41, 5.74) is 0.573. The first-order valence-corrected chi connectivity index (χ1v) is 10.0. The van der Waals surface area contributed by atoms with Crippen LogP contribution in [-0.4, -0.2) is 53.8 Å². The fourth-order valence-corrected chi connectivity index (χ4v) is 3.30. The summed E-state index contributed by atoms with van der Waals surface area (Å²) < 4.78 is 5.58. The molecule has 8 nitrogen and oxygen atoms in total. The van der Waals surface area contributed by atoms with Crippen molar-refractivity contribution in [2.24, 2.45) is 5.92 Å². The summed E-state index contributed by atoms with van der Waals surface area (Å²) in [6.45, 7) is 1.17. The molecular weight excluding hydrogens is 384 g/mol. The van der Waals surface area contributed by atoms with E-state index in [0.717, 1.165) is 12.2 Å². The third-order valence-corrected chi connectivity index (χ3v) is 4.84. The quantitative estimate of drug-likeness (QED) is 0.692. The number of aromatic nitrogens is 1. The number of ether oxygens (including phenoxy) is 1. The topological polar surface area (TPSA) is 101 Å². The van der Waals surface area contributed by atoms with Gasteiger partial charge in [0, 0.05) is 19.3 Å². The van der Waals surface area contributed by atoms with Crippen LogP contribution < -0.4 is 15.4 Å². The van der Waals surface area contributed by atoms with E-state index in [4.69, 9.17) is 4.74 Å². The van der Waals surface area contributed by atoms with E-state index in [1.165, 1.54) is 6.20 Å². The predicted molar refractivity (Wildman–Crippen MR) is 112 cm³/mol. The summed E-state index contributed by atoms with van der Waals surface area (Å²) in [5, 5.41) is 5.33. The normalized spacial score (nSPS) is 15.9. The van der Waals surface area contributed by atoms with Crippen LogP contribution in [0.25, 0.3) is 0 Å². The molecule has 1 aromatic carbocycles. The second kappa shape index (κ2) is 10.9. The van der Waals surface area contributed by atoms with Crippen molar-refractivity contribution < 1.29 is 19.1 Å². The molecule has 1 aromatic heterocycles. The molecule has 2 aromatic rings. The third kappa shape index (κ3) is 6.58. The van der Waals surface area contributed by atoms with Gasteiger partial charge in [-0.3, -0.25) is 19.4 Å². The molecule has 1 aliphatic heterocycles. The highest BCUT2D eigenvalue weighted by Crippen LogP contribution is 2.18. The van der Waals surface area contributed by atoms with Gasteiger partial charge in [0.05, 0.1) is 37.4 Å². The van der Waals surface area contributed by atoms with Gasteiger partial charge in [0.15, 0.2) is 0 Å². The molecule has 1 atom stereocenters. The van der Waals surface area contributed by atoms with Crippen molar-refractivity contribution in [3.05, 3.63) is 54.9 Å². The minimum Gasteiger partial charge on any atom is -0.493 e. The number of para-hydroxylation sites is 1. The second-order valence-corrected chi connectivity index (χ2v) is 7.10. The maximum Gasteiger partial charge on any atom is 0.243 e. The van der Waals surface area contributed by atoms with Crippen LogP contribution in [0.1, 0.15) is 19.3 Å². The maximum absolute atomic E-state index is 12.5. The zero-order valence-electron chi connectivity index (χ0n) is 16.8. The molecule has 30 heavy (non-hydrogen) atoms. The number of anilines is 1. The lowest BCUT2D eigenvalue weighted by atomic mass is 9.97. The van der Waals surface area contributed by atoms with E-state index in [1.807, 2.05) is 30.3 Å². The third-order valence-electron chi connectivity index (χ3n) is 4.84. The van der Waals surface area contributed by atoms with Gasteiger partial charge in [-0.2, -0.15) is 0 Å². The van der Waals surface area contributed by atoms with E-state index in [-0.39, 0.29) is 36.6 Å². The first kappa shape index (κ1) is 21.3. The largest absolute Gasteiger partial charge is 0.493 e. The Morgan fingerprint density at radius 2 is 1.97 bits per heavy atom. The molecule has 8 heteroatoms. The Labute approximate surface area is 175 Å². The maximum atomic E-state index is 12.5. The molecule has 158 valence electrons. The Morgan fingerprint density at radius 1 is 1.13 bits per heavy atom. The van der Waals surface area contributed by atoms with E-state index in [9.17, 15) is 14.4 Å². The molecule has 1 aliphatic rings. The molecule has 0 saturated carbocycles. The predicted octanol–water partition coefficient (Wildman–Crippen LogP) is 1.84. The van der Waals surface area contributed by atoms with Crippen molar-refractivity contribution in [1.82, 2.24) is 15.2 Å². The zero-order valence-corrected chi connectivity index (χ0v) is 16.8. The molecule has 0 aliphatic carbocycles. The van der Waals surface area contributed by atoms with E-state index in [1.54, 1.807) is 23.2 Å². The fourth-order valence-electron chi connectivity index (χ4n) is 3.30. The van der Waals surface area contributed by atoms with Gasteiger partial charge in [0.2, 0.25) is 17.7 Å². The van der Waals surface area contributed by atoms with E-state index in [0.29, 0.717) is 31.8 Å². The van der Waals surface area contributed by atoms with Crippen molar-refractivity contribution in [3.8, 4) is 5.75 Å². The van der Waals surface area contributed by atoms with E-state index >= 15 is 0 Å². The summed E-state index contributed by atoms with van der Waals surface area (Å²) in [6.07, 6.45) is 4.86. The molecule has 0 spiro atoms. The molecule has 2 heterocycles. The molecule has 1 fully saturated rings. The van der Waals surface area contributed by atoms with Gasteiger partial charge < -0.3 is 20.3 Å². The van der Waals surface area contributed by atoms with Crippen LogP contribution in [0.4, 0.5) is 5.69 Å². The van der Waals surface area contributed by atoms with Crippen LogP contribution in [0.5, 0.6) is 5.75 Å². The van der Waals surface area contributed by atoms with Crippen molar-refractivity contribution in [1.29, 1.82) is 0 Å². The van der Waals surface area contributed by atoms with Crippen LogP contribution in [0.2, 0.25) is 0 Å². The summed E-state index contributed by atoms with van der Waals surface area (Å²) in [5.74, 6) is -0.153. The number of nitrogens with zero attached hydrogens (tertiary/aromatic N) is 2. The van der Waals surface area contributed by atoms with Gasteiger partial charge in [-0.15, -0.1) is 0 Å². The number of carbonyl (C=O) groups excluding carboxylic acids is 3. The van der Waals surface area contributed by atoms with Crippen molar-refractivity contribution in [2.45, 2.75) is 19.3 Å². The number of hydrogen-bond acceptors (Lipinski definition) is 5. The van der Waals surface area contributed by atoms with Crippen LogP contribution >= 0.6 is 0 Å². The first-order valence-electron chi connectivity index (χ1n) is 10.0. The van der Waals surface area contributed by atoms with Crippen molar-refractivity contribution in [2.75, 3.05) is 31.6 Å². The number of amides is 3. The van der Waals surface area contributed by atoms with Gasteiger partial charge in [-0.25, -0.2) is 0 Å². The van der Waals surface area contributed by atoms with Gasteiger partial charge in [-0.05, 0) is 37.1 Å². The standard InChI is InChI=1S/C22H26N4O4/c27-20(25-18-7-4-11-23-14-18)15-24-22(29)17-6-5-12-26(16-17)21(28)10-13-30-19-8-2-1-3-9-19/h1-4,7-9,11,14,17H,5-6,10,12-13,15-16H2,(H,24,29)(H,25,27). The summed E-state index contributed by atoms with van der Waals surface area (Å²) in [7, 11) is 0. The zero-order chi connectivity index (χ0) is 21.2. The highest BCUT2D eigenvalue weighted by molar-refractivity contribution is 5.94. The molecule has 1 unspecified atom stereocenters. The van der Waals surface area contributed by atoms with Crippen LogP contribution in [0.3, 0.4) is 0 Å². The lowest BCUT2D eigenvalue weighted by Crippen LogP contribution is -2.46. The number of hydrogen-bond donors (Lipinski definition) is 2. The molecule has 1 saturated heterocycles. The van der Waals surface area contributed by atoms with Crippen LogP contribution in [-0.2, 0) is 14.4 Å². The van der Waals surface area contributed by atoms with Crippen molar-refractivity contribution >= 4 is 23.4 Å². The highest BCUT2D eigenvalue weighted by atomic mass is 16.5. The number of likely N-dealkylation sites (tertiary alicyclic amines) is 1. The lowest BCUT2D eigenvalue weighted by Gasteiger charge is -2.32. The second-order valence-electron chi connectivity index (χ2n) is 7.10. The number of nitrogens with one attached hydrogen (secondary N) is 2. The Morgan fingerprint density at radius 3 is 2.73 bits per heavy atom. The number of pyridine rings is 1. The van der Waals surface area contributed by atoms with Gasteiger partial charge >= 0.3 is 0 Å². The summed E-state index contributed by atoms with van der Waals surface area (Å²) in [4.78, 5) is 42.5. The lowest BCUT2D eigenvalue weighted by molar-refractivity contribution is -0.136. The molecule has 0 radical (unpaired) electrons. The monoisotopic (exact) mass is 410 g/mol. The molecular formula is C22H26N4O4. The summed E-state index contributed by atoms with van der Waals surface area (Å²) >= 11 is 0. The highest BCUT2D eigenvalue weighted by Gasteiger charge is 2.28. The molecule has 2 N–H and O–H groups in total. The number of rotatable bonds is 8. The van der Waals surface area contributed by atoms with E-state index in [2.05, 4.69) is 15.6 Å². The minimum absolute atomic E-state index is 0.0299. The van der Waals surface area contributed by atoms with Gasteiger partial charge in [-0.1, -0.05) is 18.2 Å². The smallest absolute Gasteiger partial charge is 0.243 e. The number of piperidine rings is 1. The SMILES string of the molecule is O=C(CNC(=O)C1CCCN(C(=O)CCOc2ccccc2)C1)Nc1cccnc1. The Bertz CT molecular complexity index is 845. The van der Waals surface area contributed by atoms with Crippen LogP contribution in [0.15, 0.2) is 54.9 Å². The Hall–Kier alpha value is -3.42.